The lowest BCUT2D eigenvalue weighted by molar-refractivity contribution is 0.0952. The summed E-state index contributed by atoms with van der Waals surface area (Å²) in [6.07, 6.45) is 3.40. The Kier molecular flexibility index (Phi) is 7.25. The van der Waals surface area contributed by atoms with Gasteiger partial charge in [0.25, 0.3) is 5.91 Å². The Hall–Kier alpha value is -2.60. The number of hydrogen-bond donors (Lipinski definition) is 1. The van der Waals surface area contributed by atoms with Gasteiger partial charge in [-0.15, -0.1) is 11.3 Å². The predicted octanol–water partition coefficient (Wildman–Crippen LogP) is 4.92. The van der Waals surface area contributed by atoms with E-state index in [9.17, 15) is 4.79 Å². The molecule has 2 aromatic heterocycles. The number of amides is 1. The minimum absolute atomic E-state index is 0.0826. The first-order valence-corrected chi connectivity index (χ1v) is 10.6. The molecule has 0 saturated heterocycles. The molecular formula is C22H27N3O2S. The minimum Gasteiger partial charge on any atom is -0.494 e. The molecule has 1 N–H and O–H groups in total. The second-order valence-electron chi connectivity index (χ2n) is 6.71. The molecule has 0 spiro atoms. The Bertz CT molecular complexity index is 870. The van der Waals surface area contributed by atoms with Crippen molar-refractivity contribution in [2.45, 2.75) is 39.7 Å². The van der Waals surface area contributed by atoms with Gasteiger partial charge in [-0.05, 0) is 55.1 Å². The summed E-state index contributed by atoms with van der Waals surface area (Å²) in [5, 5.41) is 9.64. The van der Waals surface area contributed by atoms with Crippen molar-refractivity contribution in [2.75, 3.05) is 13.2 Å². The summed E-state index contributed by atoms with van der Waals surface area (Å²) in [5.41, 5.74) is 2.70. The summed E-state index contributed by atoms with van der Waals surface area (Å²) >= 11 is 1.68. The van der Waals surface area contributed by atoms with Gasteiger partial charge in [0, 0.05) is 17.8 Å². The first kappa shape index (κ1) is 20.1. The highest BCUT2D eigenvalue weighted by Crippen LogP contribution is 2.23. The van der Waals surface area contributed by atoms with E-state index < -0.39 is 0 Å². The molecule has 28 heavy (non-hydrogen) atoms. The van der Waals surface area contributed by atoms with E-state index in [-0.39, 0.29) is 5.91 Å². The number of nitrogens with one attached hydrogen (secondary N) is 1. The Labute approximate surface area is 170 Å². The standard InChI is InChI=1S/C22H27N3O2S/c1-3-4-5-14-27-19-10-8-18(9-11-19)22(26)23-12-13-25-17(2)16-20(24-25)21-7-6-15-28-21/h6-11,15-16H,3-5,12-14H2,1-2H3,(H,23,26). The average Bonchev–Trinajstić information content (AvgIpc) is 3.36. The van der Waals surface area contributed by atoms with Crippen LogP contribution in [-0.2, 0) is 6.54 Å². The molecule has 148 valence electrons. The van der Waals surface area contributed by atoms with E-state index in [1.807, 2.05) is 35.2 Å². The van der Waals surface area contributed by atoms with Crippen LogP contribution in [0.5, 0.6) is 5.75 Å². The second-order valence-corrected chi connectivity index (χ2v) is 7.65. The van der Waals surface area contributed by atoms with Crippen molar-refractivity contribution in [1.29, 1.82) is 0 Å². The number of benzene rings is 1. The highest BCUT2D eigenvalue weighted by atomic mass is 32.1. The SMILES string of the molecule is CCCCCOc1ccc(C(=O)NCCn2nc(-c3cccs3)cc2C)cc1. The summed E-state index contributed by atoms with van der Waals surface area (Å²) in [4.78, 5) is 13.5. The fraction of sp³-hybridized carbons (Fsp3) is 0.364. The summed E-state index contributed by atoms with van der Waals surface area (Å²) in [6.45, 7) is 6.09. The normalized spacial score (nSPS) is 10.8. The molecule has 0 aliphatic rings. The molecule has 3 aromatic rings. The monoisotopic (exact) mass is 397 g/mol. The smallest absolute Gasteiger partial charge is 0.251 e. The fourth-order valence-electron chi connectivity index (χ4n) is 2.90. The summed E-state index contributed by atoms with van der Waals surface area (Å²) in [7, 11) is 0. The van der Waals surface area contributed by atoms with Gasteiger partial charge in [0.2, 0.25) is 0 Å². The van der Waals surface area contributed by atoms with Crippen LogP contribution in [0.2, 0.25) is 0 Å². The van der Waals surface area contributed by atoms with Crippen LogP contribution in [0.3, 0.4) is 0 Å². The highest BCUT2D eigenvalue weighted by Gasteiger charge is 2.09. The van der Waals surface area contributed by atoms with Crippen LogP contribution in [0.25, 0.3) is 10.6 Å². The van der Waals surface area contributed by atoms with Crippen LogP contribution in [0.1, 0.15) is 42.2 Å². The number of carbonyl (C=O) groups excluding carboxylic acids is 1. The molecule has 6 heteroatoms. The zero-order valence-electron chi connectivity index (χ0n) is 16.5. The van der Waals surface area contributed by atoms with Gasteiger partial charge in [-0.3, -0.25) is 9.48 Å². The van der Waals surface area contributed by atoms with E-state index in [0.29, 0.717) is 18.7 Å². The molecule has 5 nitrogen and oxygen atoms in total. The highest BCUT2D eigenvalue weighted by molar-refractivity contribution is 7.13. The molecule has 0 unspecified atom stereocenters. The van der Waals surface area contributed by atoms with Gasteiger partial charge >= 0.3 is 0 Å². The molecule has 1 aromatic carbocycles. The van der Waals surface area contributed by atoms with Crippen molar-refractivity contribution in [3.63, 3.8) is 0 Å². The number of hydrogen-bond acceptors (Lipinski definition) is 4. The summed E-state index contributed by atoms with van der Waals surface area (Å²) in [6, 6.07) is 13.5. The molecule has 0 aliphatic heterocycles. The van der Waals surface area contributed by atoms with Crippen molar-refractivity contribution in [2.24, 2.45) is 0 Å². The fourth-order valence-corrected chi connectivity index (χ4v) is 3.58. The van der Waals surface area contributed by atoms with Crippen molar-refractivity contribution in [1.82, 2.24) is 15.1 Å². The number of nitrogens with zero attached hydrogens (tertiary/aromatic N) is 2. The third kappa shape index (κ3) is 5.45. The third-order valence-corrected chi connectivity index (χ3v) is 5.39. The van der Waals surface area contributed by atoms with E-state index in [4.69, 9.17) is 4.74 Å². The van der Waals surface area contributed by atoms with Crippen LogP contribution >= 0.6 is 11.3 Å². The van der Waals surface area contributed by atoms with Crippen molar-refractivity contribution < 1.29 is 9.53 Å². The Morgan fingerprint density at radius 2 is 2.04 bits per heavy atom. The van der Waals surface area contributed by atoms with Gasteiger partial charge < -0.3 is 10.1 Å². The molecule has 2 heterocycles. The zero-order valence-corrected chi connectivity index (χ0v) is 17.3. The van der Waals surface area contributed by atoms with Gasteiger partial charge in [0.1, 0.15) is 11.4 Å². The number of unbranched alkanes of at least 4 members (excludes halogenated alkanes) is 2. The van der Waals surface area contributed by atoms with Crippen molar-refractivity contribution in [3.05, 3.63) is 59.1 Å². The summed E-state index contributed by atoms with van der Waals surface area (Å²) in [5.74, 6) is 0.724. The van der Waals surface area contributed by atoms with Gasteiger partial charge in [-0.1, -0.05) is 25.8 Å². The Morgan fingerprint density at radius 3 is 2.75 bits per heavy atom. The number of rotatable bonds is 10. The van der Waals surface area contributed by atoms with Gasteiger partial charge in [0.05, 0.1) is 18.0 Å². The number of carbonyl (C=O) groups is 1. The number of ether oxygens (including phenoxy) is 1. The maximum absolute atomic E-state index is 12.3. The first-order valence-electron chi connectivity index (χ1n) is 9.76. The third-order valence-electron chi connectivity index (χ3n) is 4.50. The van der Waals surface area contributed by atoms with Crippen molar-refractivity contribution >= 4 is 17.2 Å². The van der Waals surface area contributed by atoms with E-state index in [1.165, 1.54) is 12.8 Å². The predicted molar refractivity (Wildman–Crippen MR) is 114 cm³/mol. The van der Waals surface area contributed by atoms with Crippen LogP contribution in [0, 0.1) is 6.92 Å². The van der Waals surface area contributed by atoms with Crippen LogP contribution in [-0.4, -0.2) is 28.8 Å². The molecule has 0 bridgehead atoms. The minimum atomic E-state index is -0.0826. The van der Waals surface area contributed by atoms with E-state index in [2.05, 4.69) is 29.5 Å². The lowest BCUT2D eigenvalue weighted by atomic mass is 10.2. The van der Waals surface area contributed by atoms with Crippen molar-refractivity contribution in [3.8, 4) is 16.3 Å². The number of thiophene rings is 1. The second kappa shape index (κ2) is 10.1. The topological polar surface area (TPSA) is 56.1 Å². The quantitative estimate of drug-likeness (QED) is 0.494. The molecular weight excluding hydrogens is 370 g/mol. The molecule has 0 saturated carbocycles. The number of aryl methyl sites for hydroxylation is 1. The summed E-state index contributed by atoms with van der Waals surface area (Å²) < 4.78 is 7.62. The van der Waals surface area contributed by atoms with E-state index >= 15 is 0 Å². The zero-order chi connectivity index (χ0) is 19.8. The first-order chi connectivity index (χ1) is 13.7. The van der Waals surface area contributed by atoms with Gasteiger partial charge in [0.15, 0.2) is 0 Å². The molecule has 0 radical (unpaired) electrons. The molecule has 0 atom stereocenters. The Balaban J connectivity index is 1.47. The molecule has 3 rings (SSSR count). The average molecular weight is 398 g/mol. The molecule has 0 aliphatic carbocycles. The van der Waals surface area contributed by atoms with Gasteiger partial charge in [-0.25, -0.2) is 0 Å². The maximum Gasteiger partial charge on any atom is 0.251 e. The number of aromatic nitrogens is 2. The molecule has 1 amide bonds. The van der Waals surface area contributed by atoms with Crippen LogP contribution in [0.4, 0.5) is 0 Å². The largest absolute Gasteiger partial charge is 0.494 e. The maximum atomic E-state index is 12.3. The lowest BCUT2D eigenvalue weighted by Gasteiger charge is -2.09. The van der Waals surface area contributed by atoms with E-state index in [1.54, 1.807) is 23.5 Å². The lowest BCUT2D eigenvalue weighted by Crippen LogP contribution is -2.27. The van der Waals surface area contributed by atoms with Crippen LogP contribution in [0.15, 0.2) is 47.8 Å². The Morgan fingerprint density at radius 1 is 1.21 bits per heavy atom. The van der Waals surface area contributed by atoms with Gasteiger partial charge in [-0.2, -0.15) is 5.10 Å². The van der Waals surface area contributed by atoms with E-state index in [0.717, 1.165) is 35.0 Å². The van der Waals surface area contributed by atoms with Crippen LogP contribution < -0.4 is 10.1 Å². The molecule has 0 fully saturated rings.